The number of nitrogens with zero attached hydrogens (tertiary/aromatic N) is 1. The number of carbonyl (C=O) groups is 1. The minimum atomic E-state index is -0.773. The Morgan fingerprint density at radius 3 is 2.86 bits per heavy atom. The molecule has 0 unspecified atom stereocenters. The molecule has 0 fully saturated rings. The van der Waals surface area contributed by atoms with Crippen molar-refractivity contribution in [1.82, 2.24) is 4.98 Å². The molecule has 0 saturated carbocycles. The molecule has 0 bridgehead atoms. The highest BCUT2D eigenvalue weighted by atomic mass is 16.4. The van der Waals surface area contributed by atoms with E-state index in [1.807, 2.05) is 13.0 Å². The average Bonchev–Trinajstić information content (AvgIpc) is 2.01. The predicted octanol–water partition coefficient (Wildman–Crippen LogP) is 1.38. The average molecular weight is 194 g/mol. The first-order valence-corrected chi connectivity index (χ1v) is 4.53. The standard InChI is InChI=1S/C10H14N2O2/c1-7-5-8(12-9(11)6-7)3-2-4-10(13)14/h5-6H,2-4H2,1H3,(H2,11,12)(H,13,14). The van der Waals surface area contributed by atoms with E-state index in [0.717, 1.165) is 11.3 Å². The van der Waals surface area contributed by atoms with Gasteiger partial charge in [-0.1, -0.05) is 0 Å². The van der Waals surface area contributed by atoms with Gasteiger partial charge in [-0.15, -0.1) is 0 Å². The highest BCUT2D eigenvalue weighted by Crippen LogP contribution is 2.09. The van der Waals surface area contributed by atoms with E-state index in [9.17, 15) is 4.79 Å². The quantitative estimate of drug-likeness (QED) is 0.759. The van der Waals surface area contributed by atoms with Gasteiger partial charge in [0.15, 0.2) is 0 Å². The van der Waals surface area contributed by atoms with E-state index in [2.05, 4.69) is 4.98 Å². The van der Waals surface area contributed by atoms with Gasteiger partial charge >= 0.3 is 5.97 Å². The van der Waals surface area contributed by atoms with Crippen molar-refractivity contribution in [3.63, 3.8) is 0 Å². The second kappa shape index (κ2) is 4.60. The van der Waals surface area contributed by atoms with Crippen LogP contribution in [0.4, 0.5) is 5.82 Å². The normalized spacial score (nSPS) is 10.1. The number of nitrogen functional groups attached to an aromatic ring is 1. The largest absolute Gasteiger partial charge is 0.481 e. The predicted molar refractivity (Wildman–Crippen MR) is 54.0 cm³/mol. The zero-order valence-electron chi connectivity index (χ0n) is 8.16. The van der Waals surface area contributed by atoms with Crippen LogP contribution in [0, 0.1) is 6.92 Å². The van der Waals surface area contributed by atoms with Crippen molar-refractivity contribution in [2.24, 2.45) is 0 Å². The maximum Gasteiger partial charge on any atom is 0.303 e. The van der Waals surface area contributed by atoms with Gasteiger partial charge in [0.2, 0.25) is 0 Å². The van der Waals surface area contributed by atoms with Gasteiger partial charge < -0.3 is 10.8 Å². The fourth-order valence-electron chi connectivity index (χ4n) is 1.32. The minimum absolute atomic E-state index is 0.176. The molecule has 0 atom stereocenters. The lowest BCUT2D eigenvalue weighted by Crippen LogP contribution is -2.00. The van der Waals surface area contributed by atoms with Crippen LogP contribution in [0.2, 0.25) is 0 Å². The Hall–Kier alpha value is -1.58. The summed E-state index contributed by atoms with van der Waals surface area (Å²) in [6.07, 6.45) is 1.44. The Morgan fingerprint density at radius 2 is 2.29 bits per heavy atom. The molecule has 4 nitrogen and oxygen atoms in total. The van der Waals surface area contributed by atoms with E-state index >= 15 is 0 Å². The molecule has 1 aromatic rings. The van der Waals surface area contributed by atoms with Crippen molar-refractivity contribution >= 4 is 11.8 Å². The number of hydrogen-bond acceptors (Lipinski definition) is 3. The van der Waals surface area contributed by atoms with E-state index in [0.29, 0.717) is 18.7 Å². The van der Waals surface area contributed by atoms with E-state index in [-0.39, 0.29) is 6.42 Å². The molecule has 0 aromatic carbocycles. The number of hydrogen-bond donors (Lipinski definition) is 2. The number of nitrogens with two attached hydrogens (primary N) is 1. The summed E-state index contributed by atoms with van der Waals surface area (Å²) in [5.74, 6) is -0.277. The van der Waals surface area contributed by atoms with Gasteiger partial charge in [-0.25, -0.2) is 4.98 Å². The third-order valence-corrected chi connectivity index (χ3v) is 1.87. The van der Waals surface area contributed by atoms with E-state index in [1.165, 1.54) is 0 Å². The summed E-state index contributed by atoms with van der Waals surface area (Å²) in [6.45, 7) is 1.94. The van der Waals surface area contributed by atoms with Crippen molar-refractivity contribution < 1.29 is 9.90 Å². The van der Waals surface area contributed by atoms with E-state index in [4.69, 9.17) is 10.8 Å². The summed E-state index contributed by atoms with van der Waals surface area (Å²) in [4.78, 5) is 14.4. The van der Waals surface area contributed by atoms with Crippen LogP contribution < -0.4 is 5.73 Å². The summed E-state index contributed by atoms with van der Waals surface area (Å²) >= 11 is 0. The van der Waals surface area contributed by atoms with Crippen molar-refractivity contribution in [3.05, 3.63) is 23.4 Å². The van der Waals surface area contributed by atoms with Crippen molar-refractivity contribution in [3.8, 4) is 0 Å². The van der Waals surface area contributed by atoms with Crippen LogP contribution in [-0.4, -0.2) is 16.1 Å². The molecule has 0 aliphatic rings. The molecule has 0 amide bonds. The van der Waals surface area contributed by atoms with Gasteiger partial charge in [0.25, 0.3) is 0 Å². The molecule has 0 spiro atoms. The lowest BCUT2D eigenvalue weighted by Gasteiger charge is -2.02. The highest BCUT2D eigenvalue weighted by molar-refractivity contribution is 5.66. The number of aryl methyl sites for hydroxylation is 2. The summed E-state index contributed by atoms with van der Waals surface area (Å²) in [6, 6.07) is 3.72. The summed E-state index contributed by atoms with van der Waals surface area (Å²) in [5.41, 5.74) is 7.49. The molecular weight excluding hydrogens is 180 g/mol. The molecule has 0 aliphatic heterocycles. The number of rotatable bonds is 4. The monoisotopic (exact) mass is 194 g/mol. The second-order valence-corrected chi connectivity index (χ2v) is 3.31. The molecule has 3 N–H and O–H groups in total. The van der Waals surface area contributed by atoms with Crippen LogP contribution in [0.1, 0.15) is 24.1 Å². The summed E-state index contributed by atoms with van der Waals surface area (Å²) in [7, 11) is 0. The van der Waals surface area contributed by atoms with E-state index < -0.39 is 5.97 Å². The van der Waals surface area contributed by atoms with Crippen LogP contribution >= 0.6 is 0 Å². The molecule has 4 heteroatoms. The highest BCUT2D eigenvalue weighted by Gasteiger charge is 2.00. The maximum atomic E-state index is 10.3. The first-order chi connectivity index (χ1) is 6.58. The Balaban J connectivity index is 2.54. The first-order valence-electron chi connectivity index (χ1n) is 4.53. The van der Waals surface area contributed by atoms with Crippen LogP contribution in [0.15, 0.2) is 12.1 Å². The molecule has 76 valence electrons. The second-order valence-electron chi connectivity index (χ2n) is 3.31. The van der Waals surface area contributed by atoms with Crippen LogP contribution in [0.25, 0.3) is 0 Å². The maximum absolute atomic E-state index is 10.3. The topological polar surface area (TPSA) is 76.2 Å². The third kappa shape index (κ3) is 3.43. The third-order valence-electron chi connectivity index (χ3n) is 1.87. The van der Waals surface area contributed by atoms with Gasteiger partial charge in [-0.3, -0.25) is 4.79 Å². The minimum Gasteiger partial charge on any atom is -0.481 e. The fourth-order valence-corrected chi connectivity index (χ4v) is 1.32. The van der Waals surface area contributed by atoms with Gasteiger partial charge in [-0.2, -0.15) is 0 Å². The fraction of sp³-hybridized carbons (Fsp3) is 0.400. The van der Waals surface area contributed by atoms with Crippen molar-refractivity contribution in [2.75, 3.05) is 5.73 Å². The number of anilines is 1. The summed E-state index contributed by atoms with van der Waals surface area (Å²) in [5, 5.41) is 8.46. The number of carboxylic acid groups (broad SMARTS) is 1. The molecule has 14 heavy (non-hydrogen) atoms. The van der Waals surface area contributed by atoms with Crippen molar-refractivity contribution in [2.45, 2.75) is 26.2 Å². The molecule has 0 radical (unpaired) electrons. The van der Waals surface area contributed by atoms with Gasteiger partial charge in [0.1, 0.15) is 5.82 Å². The van der Waals surface area contributed by atoms with Gasteiger partial charge in [0.05, 0.1) is 0 Å². The molecule has 1 rings (SSSR count). The SMILES string of the molecule is Cc1cc(N)nc(CCCC(=O)O)c1. The van der Waals surface area contributed by atoms with E-state index in [1.54, 1.807) is 6.07 Å². The molecule has 1 heterocycles. The Morgan fingerprint density at radius 1 is 1.57 bits per heavy atom. The lowest BCUT2D eigenvalue weighted by atomic mass is 10.1. The molecule has 0 aliphatic carbocycles. The Labute approximate surface area is 82.8 Å². The van der Waals surface area contributed by atoms with Crippen LogP contribution in [0.3, 0.4) is 0 Å². The molecule has 0 saturated heterocycles. The first kappa shape index (κ1) is 10.5. The smallest absolute Gasteiger partial charge is 0.303 e. The van der Waals surface area contributed by atoms with Gasteiger partial charge in [-0.05, 0) is 37.5 Å². The number of aromatic nitrogens is 1. The lowest BCUT2D eigenvalue weighted by molar-refractivity contribution is -0.137. The number of carboxylic acids is 1. The van der Waals surface area contributed by atoms with Crippen molar-refractivity contribution in [1.29, 1.82) is 0 Å². The van der Waals surface area contributed by atoms with Crippen LogP contribution in [-0.2, 0) is 11.2 Å². The molecule has 1 aromatic heterocycles. The number of pyridine rings is 1. The zero-order valence-corrected chi connectivity index (χ0v) is 8.16. The Kier molecular flexibility index (Phi) is 3.45. The summed E-state index contributed by atoms with van der Waals surface area (Å²) < 4.78 is 0. The Bertz CT molecular complexity index is 317. The zero-order chi connectivity index (χ0) is 10.6. The van der Waals surface area contributed by atoms with Gasteiger partial charge in [0, 0.05) is 12.1 Å². The van der Waals surface area contributed by atoms with Crippen LogP contribution in [0.5, 0.6) is 0 Å². The number of aliphatic carboxylic acids is 1. The molecular formula is C10H14N2O2.